The van der Waals surface area contributed by atoms with E-state index in [2.05, 4.69) is 10.1 Å². The van der Waals surface area contributed by atoms with Crippen LogP contribution in [0.3, 0.4) is 0 Å². The highest BCUT2D eigenvalue weighted by Gasteiger charge is 2.22. The minimum absolute atomic E-state index is 0.135. The van der Waals surface area contributed by atoms with Crippen LogP contribution in [0.5, 0.6) is 5.75 Å². The van der Waals surface area contributed by atoms with Crippen molar-refractivity contribution in [2.45, 2.75) is 26.0 Å². The molecule has 0 bridgehead atoms. The number of fused-ring (bicyclic) bond motifs is 1. The van der Waals surface area contributed by atoms with E-state index in [9.17, 15) is 18.4 Å². The lowest BCUT2D eigenvalue weighted by molar-refractivity contribution is -0.139. The van der Waals surface area contributed by atoms with Crippen LogP contribution in [0.25, 0.3) is 10.8 Å². The van der Waals surface area contributed by atoms with Crippen molar-refractivity contribution in [3.63, 3.8) is 0 Å². The lowest BCUT2D eigenvalue weighted by Gasteiger charge is -2.15. The van der Waals surface area contributed by atoms with Crippen LogP contribution in [0.1, 0.15) is 23.7 Å². The van der Waals surface area contributed by atoms with Crippen LogP contribution < -0.4 is 10.1 Å². The molecule has 122 valence electrons. The molecule has 2 rings (SSSR count). The van der Waals surface area contributed by atoms with E-state index in [4.69, 9.17) is 5.11 Å². The highest BCUT2D eigenvalue weighted by Crippen LogP contribution is 2.27. The van der Waals surface area contributed by atoms with Gasteiger partial charge in [-0.3, -0.25) is 4.79 Å². The third-order valence-corrected chi connectivity index (χ3v) is 3.32. The molecule has 0 aliphatic heterocycles. The van der Waals surface area contributed by atoms with Crippen LogP contribution in [0.4, 0.5) is 8.78 Å². The molecule has 1 atom stereocenters. The molecular weight excluding hydrogens is 308 g/mol. The van der Waals surface area contributed by atoms with Crippen molar-refractivity contribution in [1.82, 2.24) is 5.32 Å². The van der Waals surface area contributed by atoms with Crippen molar-refractivity contribution in [1.29, 1.82) is 0 Å². The maximum atomic E-state index is 12.6. The quantitative estimate of drug-likeness (QED) is 0.857. The Bertz CT molecular complexity index is 733. The van der Waals surface area contributed by atoms with E-state index >= 15 is 0 Å². The van der Waals surface area contributed by atoms with E-state index < -0.39 is 24.5 Å². The molecular formula is C16H15F2NO4. The molecule has 5 nitrogen and oxygen atoms in total. The molecule has 2 aromatic carbocycles. The number of carbonyl (C=O) groups excluding carboxylic acids is 1. The smallest absolute Gasteiger partial charge is 0.387 e. The first-order valence-corrected chi connectivity index (χ1v) is 6.93. The summed E-state index contributed by atoms with van der Waals surface area (Å²) >= 11 is 0. The van der Waals surface area contributed by atoms with E-state index in [0.29, 0.717) is 10.8 Å². The lowest BCUT2D eigenvalue weighted by atomic mass is 10.0. The van der Waals surface area contributed by atoms with Gasteiger partial charge in [0.25, 0.3) is 5.91 Å². The van der Waals surface area contributed by atoms with Gasteiger partial charge in [-0.1, -0.05) is 31.2 Å². The number of rotatable bonds is 6. The molecule has 2 aromatic rings. The Morgan fingerprint density at radius 1 is 1.22 bits per heavy atom. The minimum atomic E-state index is -3.09. The standard InChI is InChI=1S/C16H15F2NO4/c1-2-12(15(21)22)19-14(20)11-7-9-5-3-4-6-10(9)8-13(11)23-16(17)18/h3-8,12,16H,2H2,1H3,(H,19,20)(H,21,22). The normalized spacial score (nSPS) is 12.2. The molecule has 0 radical (unpaired) electrons. The van der Waals surface area contributed by atoms with Crippen LogP contribution in [-0.2, 0) is 4.79 Å². The second-order valence-corrected chi connectivity index (χ2v) is 4.85. The number of alkyl halides is 2. The number of aliphatic carboxylic acids is 1. The topological polar surface area (TPSA) is 75.6 Å². The van der Waals surface area contributed by atoms with Crippen LogP contribution >= 0.6 is 0 Å². The van der Waals surface area contributed by atoms with Crippen LogP contribution in [0, 0.1) is 0 Å². The summed E-state index contributed by atoms with van der Waals surface area (Å²) in [5.41, 5.74) is -0.135. The molecule has 0 aliphatic rings. The molecule has 0 aromatic heterocycles. The molecule has 2 N–H and O–H groups in total. The fraction of sp³-hybridized carbons (Fsp3) is 0.250. The number of carboxylic acids is 1. The van der Waals surface area contributed by atoms with Gasteiger partial charge in [0.1, 0.15) is 11.8 Å². The fourth-order valence-electron chi connectivity index (χ4n) is 2.16. The maximum Gasteiger partial charge on any atom is 0.387 e. The van der Waals surface area contributed by atoms with Crippen molar-refractivity contribution in [2.75, 3.05) is 0 Å². The summed E-state index contributed by atoms with van der Waals surface area (Å²) < 4.78 is 29.6. The first-order valence-electron chi connectivity index (χ1n) is 6.93. The molecule has 1 unspecified atom stereocenters. The zero-order valence-corrected chi connectivity index (χ0v) is 12.3. The van der Waals surface area contributed by atoms with E-state index in [1.165, 1.54) is 12.1 Å². The Labute approximate surface area is 130 Å². The fourth-order valence-corrected chi connectivity index (χ4v) is 2.16. The number of ether oxygens (including phenoxy) is 1. The number of carboxylic acid groups (broad SMARTS) is 1. The molecule has 0 spiro atoms. The molecule has 0 aliphatic carbocycles. The average molecular weight is 323 g/mol. The summed E-state index contributed by atoms with van der Waals surface area (Å²) in [5.74, 6) is -2.27. The van der Waals surface area contributed by atoms with Gasteiger partial charge in [-0.2, -0.15) is 8.78 Å². The lowest BCUT2D eigenvalue weighted by Crippen LogP contribution is -2.40. The van der Waals surface area contributed by atoms with Gasteiger partial charge in [0, 0.05) is 0 Å². The number of nitrogens with one attached hydrogen (secondary N) is 1. The third-order valence-electron chi connectivity index (χ3n) is 3.32. The van der Waals surface area contributed by atoms with Gasteiger partial charge in [-0.25, -0.2) is 4.79 Å². The molecule has 0 saturated heterocycles. The van der Waals surface area contributed by atoms with E-state index in [1.807, 2.05) is 0 Å². The number of hydrogen-bond donors (Lipinski definition) is 2. The highest BCUT2D eigenvalue weighted by atomic mass is 19.3. The van der Waals surface area contributed by atoms with Gasteiger partial charge >= 0.3 is 12.6 Å². The average Bonchev–Trinajstić information content (AvgIpc) is 2.50. The Morgan fingerprint density at radius 3 is 2.35 bits per heavy atom. The van der Waals surface area contributed by atoms with Crippen LogP contribution in [0.2, 0.25) is 0 Å². The summed E-state index contributed by atoms with van der Waals surface area (Å²) in [6.07, 6.45) is 0.166. The van der Waals surface area contributed by atoms with Gasteiger partial charge in [0.2, 0.25) is 0 Å². The molecule has 0 saturated carbocycles. The zero-order chi connectivity index (χ0) is 17.0. The number of halogens is 2. The first kappa shape index (κ1) is 16.7. The number of hydrogen-bond acceptors (Lipinski definition) is 3. The second-order valence-electron chi connectivity index (χ2n) is 4.85. The number of benzene rings is 2. The van der Waals surface area contributed by atoms with Crippen LogP contribution in [-0.4, -0.2) is 29.6 Å². The Balaban J connectivity index is 2.43. The summed E-state index contributed by atoms with van der Waals surface area (Å²) in [4.78, 5) is 23.3. The summed E-state index contributed by atoms with van der Waals surface area (Å²) in [6, 6.07) is 8.51. The van der Waals surface area contributed by atoms with Crippen LogP contribution in [0.15, 0.2) is 36.4 Å². The van der Waals surface area contributed by atoms with E-state index in [1.54, 1.807) is 31.2 Å². The Kier molecular flexibility index (Phi) is 5.10. The van der Waals surface area contributed by atoms with Gasteiger partial charge in [0.05, 0.1) is 5.56 Å². The molecule has 23 heavy (non-hydrogen) atoms. The first-order chi connectivity index (χ1) is 10.9. The molecule has 0 fully saturated rings. The zero-order valence-electron chi connectivity index (χ0n) is 12.3. The highest BCUT2D eigenvalue weighted by molar-refractivity contribution is 6.02. The monoisotopic (exact) mass is 323 g/mol. The maximum absolute atomic E-state index is 12.6. The Hall–Kier alpha value is -2.70. The van der Waals surface area contributed by atoms with Crippen molar-refractivity contribution >= 4 is 22.6 Å². The summed E-state index contributed by atoms with van der Waals surface area (Å²) in [6.45, 7) is -1.50. The minimum Gasteiger partial charge on any atom is -0.480 e. The van der Waals surface area contributed by atoms with Gasteiger partial charge in [-0.15, -0.1) is 0 Å². The third kappa shape index (κ3) is 3.94. The Morgan fingerprint density at radius 2 is 1.83 bits per heavy atom. The van der Waals surface area contributed by atoms with E-state index in [-0.39, 0.29) is 17.7 Å². The summed E-state index contributed by atoms with van der Waals surface area (Å²) in [7, 11) is 0. The molecule has 0 heterocycles. The van der Waals surface area contributed by atoms with Crippen molar-refractivity contribution in [2.24, 2.45) is 0 Å². The van der Waals surface area contributed by atoms with Crippen molar-refractivity contribution < 1.29 is 28.2 Å². The van der Waals surface area contributed by atoms with Gasteiger partial charge < -0.3 is 15.2 Å². The van der Waals surface area contributed by atoms with Gasteiger partial charge in [-0.05, 0) is 29.3 Å². The number of carbonyl (C=O) groups is 2. The van der Waals surface area contributed by atoms with Gasteiger partial charge in [0.15, 0.2) is 0 Å². The number of amides is 1. The second kappa shape index (κ2) is 7.04. The predicted molar refractivity (Wildman–Crippen MR) is 79.8 cm³/mol. The summed E-state index contributed by atoms with van der Waals surface area (Å²) in [5, 5.41) is 12.6. The molecule has 7 heteroatoms. The van der Waals surface area contributed by atoms with Crippen molar-refractivity contribution in [3.05, 3.63) is 42.0 Å². The van der Waals surface area contributed by atoms with E-state index in [0.717, 1.165) is 0 Å². The largest absolute Gasteiger partial charge is 0.480 e. The molecule has 1 amide bonds. The predicted octanol–water partition coefficient (Wildman–Crippen LogP) is 3.03. The SMILES string of the molecule is CCC(NC(=O)c1cc2ccccc2cc1OC(F)F)C(=O)O. The van der Waals surface area contributed by atoms with Crippen molar-refractivity contribution in [3.8, 4) is 5.75 Å².